The first-order valence-electron chi connectivity index (χ1n) is 7.37. The van der Waals surface area contributed by atoms with E-state index in [0.717, 1.165) is 4.90 Å². The number of esters is 1. The molecule has 8 heteroatoms. The Bertz CT molecular complexity index is 866. The molecule has 0 N–H and O–H groups in total. The molecule has 3 rings (SSSR count). The molecule has 0 saturated heterocycles. The molecule has 1 aliphatic rings. The summed E-state index contributed by atoms with van der Waals surface area (Å²) in [6.45, 7) is -0.130. The molecule has 1 atom stereocenters. The maximum absolute atomic E-state index is 12.8. The lowest BCUT2D eigenvalue weighted by molar-refractivity contribution is -0.170. The summed E-state index contributed by atoms with van der Waals surface area (Å²) in [6, 6.07) is 7.80. The van der Waals surface area contributed by atoms with E-state index in [9.17, 15) is 22.8 Å². The molecule has 0 fully saturated rings. The van der Waals surface area contributed by atoms with Gasteiger partial charge in [0.25, 0.3) is 0 Å². The number of fused-ring (bicyclic) bond motifs is 3. The third-order valence-electron chi connectivity index (χ3n) is 4.24. The molecule has 1 amide bonds. The third kappa shape index (κ3) is 2.93. The molecular formula is C17H13ClF3NO3. The summed E-state index contributed by atoms with van der Waals surface area (Å²) < 4.78 is 43.2. The Kier molecular flexibility index (Phi) is 4.36. The molecule has 2 aromatic carbocycles. The highest BCUT2D eigenvalue weighted by atomic mass is 35.5. The van der Waals surface area contributed by atoms with Gasteiger partial charge in [-0.05, 0) is 34.5 Å². The second-order valence-electron chi connectivity index (χ2n) is 5.69. The SMILES string of the molecule is COC(=O)c1ccc2c3c(ccc2c1)N(C(=O)C(F)(F)F)CC3CCl. The minimum atomic E-state index is -4.96. The summed E-state index contributed by atoms with van der Waals surface area (Å²) in [7, 11) is 1.26. The van der Waals surface area contributed by atoms with Crippen LogP contribution < -0.4 is 4.90 Å². The van der Waals surface area contributed by atoms with Gasteiger partial charge in [0, 0.05) is 24.0 Å². The summed E-state index contributed by atoms with van der Waals surface area (Å²) in [5.74, 6) is -2.76. The van der Waals surface area contributed by atoms with E-state index in [4.69, 9.17) is 11.6 Å². The predicted molar refractivity (Wildman–Crippen MR) is 87.2 cm³/mol. The van der Waals surface area contributed by atoms with Crippen molar-refractivity contribution in [2.75, 3.05) is 24.4 Å². The Balaban J connectivity index is 2.15. The minimum absolute atomic E-state index is 0.0759. The van der Waals surface area contributed by atoms with E-state index in [1.165, 1.54) is 19.2 Å². The quantitative estimate of drug-likeness (QED) is 0.595. The molecule has 2 aromatic rings. The fourth-order valence-electron chi connectivity index (χ4n) is 3.13. The Hall–Kier alpha value is -2.28. The smallest absolute Gasteiger partial charge is 0.465 e. The maximum atomic E-state index is 12.8. The normalized spacial score (nSPS) is 16.8. The van der Waals surface area contributed by atoms with E-state index in [0.29, 0.717) is 21.9 Å². The van der Waals surface area contributed by atoms with E-state index in [1.807, 2.05) is 0 Å². The number of rotatable bonds is 2. The molecule has 1 heterocycles. The summed E-state index contributed by atoms with van der Waals surface area (Å²) in [4.78, 5) is 24.1. The van der Waals surface area contributed by atoms with Crippen LogP contribution in [0.15, 0.2) is 30.3 Å². The fraction of sp³-hybridized carbons (Fsp3) is 0.294. The van der Waals surface area contributed by atoms with Gasteiger partial charge in [-0.2, -0.15) is 13.2 Å². The van der Waals surface area contributed by atoms with Crippen molar-refractivity contribution < 1.29 is 27.5 Å². The number of methoxy groups -OCH3 is 1. The third-order valence-corrected chi connectivity index (χ3v) is 4.61. The number of hydrogen-bond acceptors (Lipinski definition) is 3. The standard InChI is InChI=1S/C17H13ClF3NO3/c1-25-15(23)10-2-4-12-9(6-10)3-5-13-14(12)11(7-18)8-22(13)16(24)17(19,20)21/h2-6,11H,7-8H2,1H3. The molecular weight excluding hydrogens is 359 g/mol. The van der Waals surface area contributed by atoms with Crippen LogP contribution in [0.25, 0.3) is 10.8 Å². The van der Waals surface area contributed by atoms with Gasteiger partial charge in [-0.3, -0.25) is 4.79 Å². The summed E-state index contributed by atoms with van der Waals surface area (Å²) in [6.07, 6.45) is -4.96. The number of carbonyl (C=O) groups is 2. The molecule has 25 heavy (non-hydrogen) atoms. The van der Waals surface area contributed by atoms with Crippen LogP contribution in [-0.4, -0.2) is 37.6 Å². The largest absolute Gasteiger partial charge is 0.471 e. The number of anilines is 1. The fourth-order valence-corrected chi connectivity index (χ4v) is 3.38. The van der Waals surface area contributed by atoms with Crippen molar-refractivity contribution >= 4 is 39.9 Å². The highest BCUT2D eigenvalue weighted by Gasteiger charge is 2.46. The number of amides is 1. The lowest BCUT2D eigenvalue weighted by atomic mass is 9.95. The summed E-state index contributed by atoms with van der Waals surface area (Å²) >= 11 is 5.93. The van der Waals surface area contributed by atoms with Crippen molar-refractivity contribution in [3.05, 3.63) is 41.5 Å². The molecule has 0 aliphatic carbocycles. The van der Waals surface area contributed by atoms with Crippen LogP contribution in [0.4, 0.5) is 18.9 Å². The highest BCUT2D eigenvalue weighted by Crippen LogP contribution is 2.43. The molecule has 1 unspecified atom stereocenters. The predicted octanol–water partition coefficient (Wildman–Crippen LogP) is 3.86. The second-order valence-corrected chi connectivity index (χ2v) is 6.00. The Labute approximate surface area is 146 Å². The monoisotopic (exact) mass is 371 g/mol. The Morgan fingerprint density at radius 1 is 1.28 bits per heavy atom. The molecule has 1 aliphatic heterocycles. The van der Waals surface area contributed by atoms with Crippen molar-refractivity contribution in [2.45, 2.75) is 12.1 Å². The van der Waals surface area contributed by atoms with Crippen molar-refractivity contribution in [2.24, 2.45) is 0 Å². The average molecular weight is 372 g/mol. The Morgan fingerprint density at radius 3 is 2.60 bits per heavy atom. The summed E-state index contributed by atoms with van der Waals surface area (Å²) in [5, 5.41) is 1.33. The van der Waals surface area contributed by atoms with E-state index in [1.54, 1.807) is 18.2 Å². The van der Waals surface area contributed by atoms with Crippen LogP contribution >= 0.6 is 11.6 Å². The highest BCUT2D eigenvalue weighted by molar-refractivity contribution is 6.19. The van der Waals surface area contributed by atoms with Gasteiger partial charge in [-0.15, -0.1) is 11.6 Å². The zero-order valence-electron chi connectivity index (χ0n) is 13.1. The zero-order valence-corrected chi connectivity index (χ0v) is 13.8. The first kappa shape index (κ1) is 17.5. The first-order valence-corrected chi connectivity index (χ1v) is 7.91. The number of benzene rings is 2. The lowest BCUT2D eigenvalue weighted by Gasteiger charge is -2.19. The van der Waals surface area contributed by atoms with Crippen LogP contribution in [-0.2, 0) is 9.53 Å². The second kappa shape index (κ2) is 6.22. The molecule has 132 valence electrons. The Morgan fingerprint density at radius 2 is 2.00 bits per heavy atom. The van der Waals surface area contributed by atoms with Crippen LogP contribution in [0.2, 0.25) is 0 Å². The van der Waals surface area contributed by atoms with E-state index >= 15 is 0 Å². The molecule has 0 saturated carbocycles. The van der Waals surface area contributed by atoms with Gasteiger partial charge < -0.3 is 9.64 Å². The molecule has 0 bridgehead atoms. The number of halogens is 4. The summed E-state index contributed by atoms with van der Waals surface area (Å²) in [5.41, 5.74) is 1.12. The van der Waals surface area contributed by atoms with Crippen LogP contribution in [0.5, 0.6) is 0 Å². The van der Waals surface area contributed by atoms with Gasteiger partial charge in [0.15, 0.2) is 0 Å². The number of alkyl halides is 4. The van der Waals surface area contributed by atoms with Crippen LogP contribution in [0.3, 0.4) is 0 Å². The lowest BCUT2D eigenvalue weighted by Crippen LogP contribution is -2.40. The van der Waals surface area contributed by atoms with Crippen molar-refractivity contribution in [3.8, 4) is 0 Å². The number of ether oxygens (including phenoxy) is 1. The van der Waals surface area contributed by atoms with E-state index in [2.05, 4.69) is 4.74 Å². The maximum Gasteiger partial charge on any atom is 0.471 e. The molecule has 0 spiro atoms. The van der Waals surface area contributed by atoms with Crippen molar-refractivity contribution in [1.82, 2.24) is 0 Å². The van der Waals surface area contributed by atoms with Gasteiger partial charge in [0.1, 0.15) is 0 Å². The van der Waals surface area contributed by atoms with Crippen molar-refractivity contribution in [3.63, 3.8) is 0 Å². The van der Waals surface area contributed by atoms with Gasteiger partial charge in [-0.1, -0.05) is 12.1 Å². The van der Waals surface area contributed by atoms with E-state index < -0.39 is 24.0 Å². The number of carbonyl (C=O) groups excluding carboxylic acids is 2. The minimum Gasteiger partial charge on any atom is -0.465 e. The zero-order chi connectivity index (χ0) is 18.4. The number of hydrogen-bond donors (Lipinski definition) is 0. The van der Waals surface area contributed by atoms with Crippen LogP contribution in [0, 0.1) is 0 Å². The topological polar surface area (TPSA) is 46.6 Å². The van der Waals surface area contributed by atoms with Gasteiger partial charge in [0.05, 0.1) is 12.7 Å². The van der Waals surface area contributed by atoms with E-state index in [-0.39, 0.29) is 18.1 Å². The average Bonchev–Trinajstić information content (AvgIpc) is 2.97. The van der Waals surface area contributed by atoms with Gasteiger partial charge >= 0.3 is 18.1 Å². The molecule has 4 nitrogen and oxygen atoms in total. The number of nitrogens with zero attached hydrogens (tertiary/aromatic N) is 1. The van der Waals surface area contributed by atoms with Crippen LogP contribution in [0.1, 0.15) is 21.8 Å². The molecule has 0 radical (unpaired) electrons. The van der Waals surface area contributed by atoms with Gasteiger partial charge in [0.2, 0.25) is 0 Å². The molecule has 0 aromatic heterocycles. The first-order chi connectivity index (χ1) is 11.8. The van der Waals surface area contributed by atoms with Gasteiger partial charge in [-0.25, -0.2) is 4.79 Å². The van der Waals surface area contributed by atoms with Crippen molar-refractivity contribution in [1.29, 1.82) is 0 Å².